The summed E-state index contributed by atoms with van der Waals surface area (Å²) in [6.07, 6.45) is 1.45. The van der Waals surface area contributed by atoms with E-state index in [1.807, 2.05) is 6.92 Å². The Morgan fingerprint density at radius 2 is 1.67 bits per heavy atom. The van der Waals surface area contributed by atoms with Crippen LogP contribution in [0.1, 0.15) is 18.9 Å². The van der Waals surface area contributed by atoms with Gasteiger partial charge in [0.2, 0.25) is 0 Å². The van der Waals surface area contributed by atoms with Crippen LogP contribution in [-0.2, 0) is 4.74 Å². The van der Waals surface area contributed by atoms with Gasteiger partial charge in [0, 0.05) is 22.6 Å². The van der Waals surface area contributed by atoms with E-state index in [-0.39, 0.29) is 0 Å². The predicted molar refractivity (Wildman–Crippen MR) is 90.0 cm³/mol. The van der Waals surface area contributed by atoms with Crippen LogP contribution in [0.2, 0.25) is 0 Å². The third-order valence-corrected chi connectivity index (χ3v) is 4.11. The molecule has 0 amide bonds. The molecular weight excluding hydrogens is 324 g/mol. The highest BCUT2D eigenvalue weighted by Crippen LogP contribution is 2.32. The number of hydrogen-bond acceptors (Lipinski definition) is 1. The number of benzene rings is 2. The van der Waals surface area contributed by atoms with Crippen LogP contribution in [-0.4, -0.2) is 12.7 Å². The summed E-state index contributed by atoms with van der Waals surface area (Å²) in [6, 6.07) is 16.8. The lowest BCUT2D eigenvalue weighted by atomic mass is 10.0. The van der Waals surface area contributed by atoms with Crippen molar-refractivity contribution < 1.29 is 4.74 Å². The lowest BCUT2D eigenvalue weighted by Gasteiger charge is -2.01. The third-order valence-electron chi connectivity index (χ3n) is 3.58. The highest BCUT2D eigenvalue weighted by Gasteiger charge is 2.36. The maximum absolute atomic E-state index is 5.53. The molecule has 106 valence electrons. The van der Waals surface area contributed by atoms with Crippen molar-refractivity contribution in [3.8, 4) is 23.0 Å². The van der Waals surface area contributed by atoms with Crippen molar-refractivity contribution in [2.24, 2.45) is 5.92 Å². The summed E-state index contributed by atoms with van der Waals surface area (Å²) in [4.78, 5) is 0. The lowest BCUT2D eigenvalue weighted by Crippen LogP contribution is -1.94. The summed E-state index contributed by atoms with van der Waals surface area (Å²) < 4.78 is 6.63. The van der Waals surface area contributed by atoms with Crippen molar-refractivity contribution >= 4 is 15.9 Å². The molecule has 0 spiro atoms. The van der Waals surface area contributed by atoms with Gasteiger partial charge in [-0.3, -0.25) is 0 Å². The van der Waals surface area contributed by atoms with Crippen LogP contribution in [0.3, 0.4) is 0 Å². The first-order valence-corrected chi connectivity index (χ1v) is 8.04. The molecule has 0 N–H and O–H groups in total. The minimum Gasteiger partial charge on any atom is -0.377 e. The van der Waals surface area contributed by atoms with Gasteiger partial charge in [-0.05, 0) is 48.7 Å². The quantitative estimate of drug-likeness (QED) is 0.722. The smallest absolute Gasteiger partial charge is 0.0726 e. The minimum absolute atomic E-state index is 0.365. The third kappa shape index (κ3) is 3.75. The van der Waals surface area contributed by atoms with Crippen molar-refractivity contribution in [1.82, 2.24) is 0 Å². The zero-order valence-corrected chi connectivity index (χ0v) is 13.6. The van der Waals surface area contributed by atoms with Gasteiger partial charge in [0.15, 0.2) is 0 Å². The predicted octanol–water partition coefficient (Wildman–Crippen LogP) is 4.89. The van der Waals surface area contributed by atoms with Gasteiger partial charge in [-0.1, -0.05) is 52.0 Å². The molecule has 1 saturated carbocycles. The van der Waals surface area contributed by atoms with Crippen LogP contribution in [0, 0.1) is 17.8 Å². The van der Waals surface area contributed by atoms with E-state index in [0.717, 1.165) is 23.1 Å². The normalized spacial score (nSPS) is 19.7. The molecule has 0 heterocycles. The lowest BCUT2D eigenvalue weighted by molar-refractivity contribution is 0.127. The van der Waals surface area contributed by atoms with Crippen LogP contribution in [0.25, 0.3) is 11.1 Å². The molecule has 2 atom stereocenters. The first-order chi connectivity index (χ1) is 10.3. The molecule has 0 aliphatic heterocycles. The van der Waals surface area contributed by atoms with E-state index >= 15 is 0 Å². The van der Waals surface area contributed by atoms with Crippen molar-refractivity contribution in [3.63, 3.8) is 0 Å². The van der Waals surface area contributed by atoms with Crippen molar-refractivity contribution in [2.45, 2.75) is 19.4 Å². The van der Waals surface area contributed by atoms with Crippen molar-refractivity contribution in [2.75, 3.05) is 6.61 Å². The molecule has 0 aromatic heterocycles. The largest absolute Gasteiger partial charge is 0.377 e. The first kappa shape index (κ1) is 14.4. The molecule has 0 radical (unpaired) electrons. The summed E-state index contributed by atoms with van der Waals surface area (Å²) in [5.74, 6) is 6.97. The number of ether oxygens (including phenoxy) is 1. The van der Waals surface area contributed by atoms with Crippen molar-refractivity contribution in [1.29, 1.82) is 0 Å². The van der Waals surface area contributed by atoms with Gasteiger partial charge in [-0.25, -0.2) is 0 Å². The van der Waals surface area contributed by atoms with Gasteiger partial charge in [0.05, 0.1) is 6.10 Å². The fourth-order valence-electron chi connectivity index (χ4n) is 2.29. The van der Waals surface area contributed by atoms with Gasteiger partial charge in [0.25, 0.3) is 0 Å². The Balaban J connectivity index is 1.67. The van der Waals surface area contributed by atoms with Gasteiger partial charge in [0.1, 0.15) is 0 Å². The second-order valence-electron chi connectivity index (χ2n) is 5.19. The molecule has 1 aliphatic rings. The fraction of sp³-hybridized carbons (Fsp3) is 0.263. The fourth-order valence-corrected chi connectivity index (χ4v) is 2.55. The van der Waals surface area contributed by atoms with Crippen LogP contribution < -0.4 is 0 Å². The molecule has 2 aromatic rings. The SMILES string of the molecule is CCO[C@H]1C[C@@H]1C#Cc1ccc(-c2ccc(Br)cc2)cc1. The molecule has 2 aromatic carbocycles. The molecule has 0 saturated heterocycles. The monoisotopic (exact) mass is 340 g/mol. The molecule has 21 heavy (non-hydrogen) atoms. The van der Waals surface area contributed by atoms with Crippen LogP contribution in [0.5, 0.6) is 0 Å². The molecule has 0 unspecified atom stereocenters. The van der Waals surface area contributed by atoms with E-state index in [1.54, 1.807) is 0 Å². The highest BCUT2D eigenvalue weighted by molar-refractivity contribution is 9.10. The zero-order chi connectivity index (χ0) is 14.7. The van der Waals surface area contributed by atoms with Crippen LogP contribution in [0.4, 0.5) is 0 Å². The Hall–Kier alpha value is -1.56. The number of hydrogen-bond donors (Lipinski definition) is 0. The highest BCUT2D eigenvalue weighted by atomic mass is 79.9. The zero-order valence-electron chi connectivity index (χ0n) is 12.0. The topological polar surface area (TPSA) is 9.23 Å². The Kier molecular flexibility index (Phi) is 4.43. The Morgan fingerprint density at radius 3 is 2.29 bits per heavy atom. The van der Waals surface area contributed by atoms with Gasteiger partial charge < -0.3 is 4.74 Å². The van der Waals surface area contributed by atoms with Crippen molar-refractivity contribution in [3.05, 3.63) is 58.6 Å². The summed E-state index contributed by atoms with van der Waals surface area (Å²) in [5, 5.41) is 0. The standard InChI is InChI=1S/C19H17BrO/c1-2-21-19-13-17(19)8-5-14-3-6-15(7-4-14)16-9-11-18(20)12-10-16/h3-4,6-7,9-12,17,19H,2,13H2,1H3/t17-,19-/m0/s1. The molecule has 3 rings (SSSR count). The summed E-state index contributed by atoms with van der Waals surface area (Å²) in [5.41, 5.74) is 3.50. The Morgan fingerprint density at radius 1 is 1.05 bits per heavy atom. The molecule has 1 nitrogen and oxygen atoms in total. The van der Waals surface area contributed by atoms with E-state index in [0.29, 0.717) is 12.0 Å². The first-order valence-electron chi connectivity index (χ1n) is 7.25. The van der Waals surface area contributed by atoms with E-state index < -0.39 is 0 Å². The van der Waals surface area contributed by atoms with E-state index in [9.17, 15) is 0 Å². The summed E-state index contributed by atoms with van der Waals surface area (Å²) in [6.45, 7) is 2.81. The molecule has 1 aliphatic carbocycles. The van der Waals surface area contributed by atoms with Crippen LogP contribution in [0.15, 0.2) is 53.0 Å². The average molecular weight is 341 g/mol. The second kappa shape index (κ2) is 6.47. The molecular formula is C19H17BrO. The minimum atomic E-state index is 0.365. The van der Waals surface area contributed by atoms with E-state index in [4.69, 9.17) is 4.74 Å². The molecule has 0 bridgehead atoms. The van der Waals surface area contributed by atoms with Crippen LogP contribution >= 0.6 is 15.9 Å². The van der Waals surface area contributed by atoms with Gasteiger partial charge in [-0.2, -0.15) is 0 Å². The Labute approximate surface area is 134 Å². The maximum Gasteiger partial charge on any atom is 0.0726 e. The number of halogens is 1. The van der Waals surface area contributed by atoms with E-state index in [1.165, 1.54) is 11.1 Å². The van der Waals surface area contributed by atoms with Gasteiger partial charge in [-0.15, -0.1) is 0 Å². The molecule has 1 fully saturated rings. The Bertz CT molecular complexity index is 661. The average Bonchev–Trinajstić information content (AvgIpc) is 3.25. The van der Waals surface area contributed by atoms with E-state index in [2.05, 4.69) is 76.3 Å². The number of rotatable bonds is 3. The second-order valence-corrected chi connectivity index (χ2v) is 6.11. The van der Waals surface area contributed by atoms with Gasteiger partial charge >= 0.3 is 0 Å². The maximum atomic E-state index is 5.53. The summed E-state index contributed by atoms with van der Waals surface area (Å²) in [7, 11) is 0. The molecule has 2 heteroatoms. The summed E-state index contributed by atoms with van der Waals surface area (Å²) >= 11 is 3.46.